The summed E-state index contributed by atoms with van der Waals surface area (Å²) < 4.78 is 46.4. The number of para-hydroxylation sites is 1. The van der Waals surface area contributed by atoms with Crippen LogP contribution in [-0.2, 0) is 9.53 Å². The number of hydrogen-bond donors (Lipinski definition) is 0. The Bertz CT molecular complexity index is 861. The lowest BCUT2D eigenvalue weighted by atomic mass is 10.1. The SMILES string of the molecule is O=C1[C@H](N2CCO[C@@H](c3ccc(F)c(F)c3)C2)CCN1c1ccccc1F. The summed E-state index contributed by atoms with van der Waals surface area (Å²) in [5, 5.41) is 0. The van der Waals surface area contributed by atoms with Gasteiger partial charge in [0.2, 0.25) is 5.91 Å². The van der Waals surface area contributed by atoms with Gasteiger partial charge in [-0.15, -0.1) is 0 Å². The number of halogens is 3. The summed E-state index contributed by atoms with van der Waals surface area (Å²) >= 11 is 0. The number of rotatable bonds is 3. The molecule has 142 valence electrons. The number of carbonyl (C=O) groups excluding carboxylic acids is 1. The molecule has 0 saturated carbocycles. The van der Waals surface area contributed by atoms with Gasteiger partial charge in [0.1, 0.15) is 5.82 Å². The zero-order valence-corrected chi connectivity index (χ0v) is 14.6. The second kappa shape index (κ2) is 7.32. The molecule has 2 aromatic carbocycles. The van der Waals surface area contributed by atoms with Gasteiger partial charge in [-0.25, -0.2) is 13.2 Å². The molecule has 0 N–H and O–H groups in total. The first-order valence-corrected chi connectivity index (χ1v) is 8.91. The Morgan fingerprint density at radius 2 is 1.78 bits per heavy atom. The molecule has 0 aliphatic carbocycles. The minimum absolute atomic E-state index is 0.147. The molecule has 2 saturated heterocycles. The van der Waals surface area contributed by atoms with Gasteiger partial charge in [0, 0.05) is 19.6 Å². The fourth-order valence-corrected chi connectivity index (χ4v) is 3.78. The molecule has 0 spiro atoms. The van der Waals surface area contributed by atoms with Crippen LogP contribution in [0.4, 0.5) is 18.9 Å². The predicted octanol–water partition coefficient (Wildman–Crippen LogP) is 3.28. The molecule has 2 fully saturated rings. The van der Waals surface area contributed by atoms with Crippen LogP contribution < -0.4 is 4.90 Å². The molecule has 0 bridgehead atoms. The maximum Gasteiger partial charge on any atom is 0.244 e. The van der Waals surface area contributed by atoms with Crippen molar-refractivity contribution in [1.82, 2.24) is 4.90 Å². The standard InChI is InChI=1S/C20H19F3N2O2/c21-14-6-5-13(11-16(14)23)19-12-24(9-10-27-19)18-7-8-25(20(18)26)17-4-2-1-3-15(17)22/h1-6,11,18-19H,7-10,12H2/t18-,19-/m1/s1. The van der Waals surface area contributed by atoms with E-state index in [0.29, 0.717) is 38.2 Å². The van der Waals surface area contributed by atoms with Gasteiger partial charge < -0.3 is 9.64 Å². The van der Waals surface area contributed by atoms with E-state index in [1.165, 1.54) is 17.0 Å². The van der Waals surface area contributed by atoms with Crippen LogP contribution in [0.5, 0.6) is 0 Å². The lowest BCUT2D eigenvalue weighted by molar-refractivity contribution is -0.125. The highest BCUT2D eigenvalue weighted by Gasteiger charge is 2.39. The van der Waals surface area contributed by atoms with Gasteiger partial charge in [0.25, 0.3) is 0 Å². The Labute approximate surface area is 155 Å². The number of ether oxygens (including phenoxy) is 1. The summed E-state index contributed by atoms with van der Waals surface area (Å²) in [5.41, 5.74) is 0.824. The number of hydrogen-bond acceptors (Lipinski definition) is 3. The third-order valence-corrected chi connectivity index (χ3v) is 5.17. The number of benzene rings is 2. The highest BCUT2D eigenvalue weighted by atomic mass is 19.2. The Balaban J connectivity index is 1.49. The molecule has 2 atom stereocenters. The molecular formula is C20H19F3N2O2. The van der Waals surface area contributed by atoms with Gasteiger partial charge in [0.05, 0.1) is 24.4 Å². The lowest BCUT2D eigenvalue weighted by Crippen LogP contribution is -2.48. The smallest absolute Gasteiger partial charge is 0.244 e. The zero-order valence-electron chi connectivity index (χ0n) is 14.6. The van der Waals surface area contributed by atoms with E-state index in [9.17, 15) is 18.0 Å². The molecule has 4 nitrogen and oxygen atoms in total. The van der Waals surface area contributed by atoms with E-state index in [2.05, 4.69) is 0 Å². The fraction of sp³-hybridized carbons (Fsp3) is 0.350. The molecule has 2 heterocycles. The minimum Gasteiger partial charge on any atom is -0.371 e. The van der Waals surface area contributed by atoms with E-state index in [0.717, 1.165) is 12.1 Å². The maximum absolute atomic E-state index is 14.0. The zero-order chi connectivity index (χ0) is 19.0. The van der Waals surface area contributed by atoms with Crippen LogP contribution in [0.1, 0.15) is 18.1 Å². The molecule has 4 rings (SSSR count). The Morgan fingerprint density at radius 3 is 2.56 bits per heavy atom. The van der Waals surface area contributed by atoms with E-state index in [-0.39, 0.29) is 17.6 Å². The van der Waals surface area contributed by atoms with Crippen LogP contribution in [-0.4, -0.2) is 43.1 Å². The van der Waals surface area contributed by atoms with Gasteiger partial charge in [0.15, 0.2) is 11.6 Å². The molecule has 0 unspecified atom stereocenters. The molecular weight excluding hydrogens is 357 g/mol. The van der Waals surface area contributed by atoms with Crippen LogP contribution in [0.3, 0.4) is 0 Å². The first-order valence-electron chi connectivity index (χ1n) is 8.91. The monoisotopic (exact) mass is 376 g/mol. The Morgan fingerprint density at radius 1 is 0.963 bits per heavy atom. The second-order valence-electron chi connectivity index (χ2n) is 6.77. The summed E-state index contributed by atoms with van der Waals surface area (Å²) in [5.74, 6) is -2.40. The second-order valence-corrected chi connectivity index (χ2v) is 6.77. The van der Waals surface area contributed by atoms with Crippen LogP contribution in [0, 0.1) is 17.5 Å². The average Bonchev–Trinajstić information content (AvgIpc) is 3.06. The van der Waals surface area contributed by atoms with E-state index >= 15 is 0 Å². The van der Waals surface area contributed by atoms with Gasteiger partial charge in [-0.3, -0.25) is 9.69 Å². The van der Waals surface area contributed by atoms with Gasteiger partial charge in [-0.2, -0.15) is 0 Å². The summed E-state index contributed by atoms with van der Waals surface area (Å²) in [6.07, 6.45) is 0.140. The van der Waals surface area contributed by atoms with Crippen molar-refractivity contribution in [2.45, 2.75) is 18.6 Å². The molecule has 2 aliphatic heterocycles. The van der Waals surface area contributed by atoms with Crippen molar-refractivity contribution in [3.05, 3.63) is 65.5 Å². The van der Waals surface area contributed by atoms with Crippen molar-refractivity contribution in [1.29, 1.82) is 0 Å². The third kappa shape index (κ3) is 3.44. The Kier molecular flexibility index (Phi) is 4.88. The quantitative estimate of drug-likeness (QED) is 0.824. The molecule has 0 radical (unpaired) electrons. The minimum atomic E-state index is -0.920. The first kappa shape index (κ1) is 18.0. The van der Waals surface area contributed by atoms with Crippen molar-refractivity contribution < 1.29 is 22.7 Å². The van der Waals surface area contributed by atoms with Crippen LogP contribution in [0.25, 0.3) is 0 Å². The lowest BCUT2D eigenvalue weighted by Gasteiger charge is -2.36. The van der Waals surface area contributed by atoms with E-state index in [1.54, 1.807) is 18.2 Å². The van der Waals surface area contributed by atoms with Crippen LogP contribution in [0.15, 0.2) is 42.5 Å². The van der Waals surface area contributed by atoms with Crippen molar-refractivity contribution in [3.63, 3.8) is 0 Å². The number of morpholine rings is 1. The number of carbonyl (C=O) groups is 1. The fourth-order valence-electron chi connectivity index (χ4n) is 3.78. The third-order valence-electron chi connectivity index (χ3n) is 5.17. The van der Waals surface area contributed by atoms with Crippen molar-refractivity contribution in [2.75, 3.05) is 31.1 Å². The highest BCUT2D eigenvalue weighted by Crippen LogP contribution is 2.30. The first-order chi connectivity index (χ1) is 13.0. The van der Waals surface area contributed by atoms with Gasteiger partial charge in [-0.05, 0) is 36.2 Å². The summed E-state index contributed by atoms with van der Waals surface area (Å²) in [4.78, 5) is 16.3. The predicted molar refractivity (Wildman–Crippen MR) is 93.8 cm³/mol. The average molecular weight is 376 g/mol. The molecule has 2 aliphatic rings. The van der Waals surface area contributed by atoms with Crippen molar-refractivity contribution >= 4 is 11.6 Å². The van der Waals surface area contributed by atoms with Gasteiger partial charge in [-0.1, -0.05) is 18.2 Å². The van der Waals surface area contributed by atoms with Crippen LogP contribution in [0.2, 0.25) is 0 Å². The Hall–Kier alpha value is -2.38. The molecule has 2 aromatic rings. The molecule has 27 heavy (non-hydrogen) atoms. The van der Waals surface area contributed by atoms with E-state index < -0.39 is 23.6 Å². The van der Waals surface area contributed by atoms with E-state index in [1.807, 2.05) is 4.90 Å². The molecule has 0 aromatic heterocycles. The van der Waals surface area contributed by atoms with E-state index in [4.69, 9.17) is 4.74 Å². The molecule has 1 amide bonds. The van der Waals surface area contributed by atoms with Crippen molar-refractivity contribution in [3.8, 4) is 0 Å². The summed E-state index contributed by atoms with van der Waals surface area (Å²) in [7, 11) is 0. The maximum atomic E-state index is 14.0. The number of anilines is 1. The highest BCUT2D eigenvalue weighted by molar-refractivity contribution is 5.99. The number of amides is 1. The largest absolute Gasteiger partial charge is 0.371 e. The topological polar surface area (TPSA) is 32.8 Å². The van der Waals surface area contributed by atoms with Gasteiger partial charge >= 0.3 is 0 Å². The number of nitrogens with zero attached hydrogens (tertiary/aromatic N) is 2. The summed E-state index contributed by atoms with van der Waals surface area (Å²) in [6.45, 7) is 1.78. The summed E-state index contributed by atoms with van der Waals surface area (Å²) in [6, 6.07) is 9.55. The van der Waals surface area contributed by atoms with Crippen LogP contribution >= 0.6 is 0 Å². The van der Waals surface area contributed by atoms with Crippen molar-refractivity contribution in [2.24, 2.45) is 0 Å². The molecule has 7 heteroatoms. The normalized spacial score (nSPS) is 23.8.